The Bertz CT molecular complexity index is 325. The van der Waals surface area contributed by atoms with Crippen molar-refractivity contribution in [3.8, 4) is 0 Å². The van der Waals surface area contributed by atoms with Crippen LogP contribution < -0.4 is 5.32 Å². The zero-order chi connectivity index (χ0) is 14.0. The van der Waals surface area contributed by atoms with Gasteiger partial charge in [-0.25, -0.2) is 4.79 Å². The van der Waals surface area contributed by atoms with Crippen molar-refractivity contribution in [2.24, 2.45) is 5.92 Å². The van der Waals surface area contributed by atoms with Gasteiger partial charge in [0.2, 0.25) is 0 Å². The molecule has 1 N–H and O–H groups in total. The fourth-order valence-electron chi connectivity index (χ4n) is 2.63. The van der Waals surface area contributed by atoms with Gasteiger partial charge < -0.3 is 15.0 Å². The van der Waals surface area contributed by atoms with Gasteiger partial charge in [-0.1, -0.05) is 6.92 Å². The number of likely N-dealkylation sites (tertiary alicyclic amines) is 1. The Hall–Kier alpha value is -0.770. The van der Waals surface area contributed by atoms with Crippen molar-refractivity contribution in [2.75, 3.05) is 13.1 Å². The topological polar surface area (TPSA) is 41.6 Å². The summed E-state index contributed by atoms with van der Waals surface area (Å²) in [5.41, 5.74) is -0.398. The zero-order valence-electron chi connectivity index (χ0n) is 12.7. The number of nitrogens with one attached hydrogen (secondary N) is 1. The second kappa shape index (κ2) is 5.70. The van der Waals surface area contributed by atoms with E-state index in [9.17, 15) is 4.79 Å². The van der Waals surface area contributed by atoms with E-state index in [0.717, 1.165) is 37.9 Å². The molecule has 1 aliphatic carbocycles. The minimum atomic E-state index is -0.398. The Morgan fingerprint density at radius 3 is 2.53 bits per heavy atom. The molecule has 1 aliphatic heterocycles. The van der Waals surface area contributed by atoms with Gasteiger partial charge in [0, 0.05) is 25.2 Å². The largest absolute Gasteiger partial charge is 0.444 e. The van der Waals surface area contributed by atoms with Crippen LogP contribution in [0.2, 0.25) is 0 Å². The van der Waals surface area contributed by atoms with Crippen molar-refractivity contribution in [2.45, 2.75) is 71.1 Å². The molecule has 1 saturated heterocycles. The SMILES string of the molecule is CC1CC1NC1CCCN(C(=O)OC(C)(C)C)CC1. The summed E-state index contributed by atoms with van der Waals surface area (Å²) in [6.07, 6.45) is 4.43. The number of ether oxygens (including phenoxy) is 1. The second-order valence-electron chi connectivity index (χ2n) is 7.08. The average molecular weight is 268 g/mol. The quantitative estimate of drug-likeness (QED) is 0.837. The maximum atomic E-state index is 12.0. The van der Waals surface area contributed by atoms with Crippen LogP contribution in [0.4, 0.5) is 4.79 Å². The lowest BCUT2D eigenvalue weighted by Crippen LogP contribution is -2.38. The molecule has 1 heterocycles. The van der Waals surface area contributed by atoms with Crippen LogP contribution in [0.3, 0.4) is 0 Å². The maximum Gasteiger partial charge on any atom is 0.410 e. The van der Waals surface area contributed by atoms with Crippen molar-refractivity contribution in [1.29, 1.82) is 0 Å². The Labute approximate surface area is 116 Å². The van der Waals surface area contributed by atoms with Crippen LogP contribution in [0.25, 0.3) is 0 Å². The van der Waals surface area contributed by atoms with Crippen LogP contribution >= 0.6 is 0 Å². The van der Waals surface area contributed by atoms with Crippen molar-refractivity contribution in [1.82, 2.24) is 10.2 Å². The molecule has 3 atom stereocenters. The number of hydrogen-bond acceptors (Lipinski definition) is 3. The van der Waals surface area contributed by atoms with E-state index >= 15 is 0 Å². The highest BCUT2D eigenvalue weighted by Gasteiger charge is 2.34. The molecule has 4 nitrogen and oxygen atoms in total. The number of amides is 1. The number of carbonyl (C=O) groups is 1. The molecule has 0 aromatic carbocycles. The first-order chi connectivity index (χ1) is 8.85. The highest BCUT2D eigenvalue weighted by molar-refractivity contribution is 5.68. The monoisotopic (exact) mass is 268 g/mol. The molecule has 0 bridgehead atoms. The number of rotatable bonds is 2. The molecule has 19 heavy (non-hydrogen) atoms. The van der Waals surface area contributed by atoms with Crippen molar-refractivity contribution in [3.63, 3.8) is 0 Å². The molecule has 0 spiro atoms. The van der Waals surface area contributed by atoms with Gasteiger partial charge in [-0.05, 0) is 52.4 Å². The second-order valence-corrected chi connectivity index (χ2v) is 7.08. The summed E-state index contributed by atoms with van der Waals surface area (Å²) < 4.78 is 5.45. The Kier molecular flexibility index (Phi) is 4.39. The van der Waals surface area contributed by atoms with Crippen LogP contribution in [0.5, 0.6) is 0 Å². The van der Waals surface area contributed by atoms with Gasteiger partial charge >= 0.3 is 6.09 Å². The van der Waals surface area contributed by atoms with E-state index in [-0.39, 0.29) is 6.09 Å². The van der Waals surface area contributed by atoms with Gasteiger partial charge in [-0.3, -0.25) is 0 Å². The summed E-state index contributed by atoms with van der Waals surface area (Å²) in [5.74, 6) is 0.838. The zero-order valence-corrected chi connectivity index (χ0v) is 12.7. The van der Waals surface area contributed by atoms with E-state index in [4.69, 9.17) is 4.74 Å². The van der Waals surface area contributed by atoms with E-state index in [1.54, 1.807) is 0 Å². The van der Waals surface area contributed by atoms with Crippen LogP contribution in [0.15, 0.2) is 0 Å². The summed E-state index contributed by atoms with van der Waals surface area (Å²) in [6.45, 7) is 9.69. The molecule has 3 unspecified atom stereocenters. The lowest BCUT2D eigenvalue weighted by Gasteiger charge is -2.26. The van der Waals surface area contributed by atoms with Gasteiger partial charge in [0.15, 0.2) is 0 Å². The van der Waals surface area contributed by atoms with Gasteiger partial charge in [0.1, 0.15) is 5.60 Å². The number of nitrogens with zero attached hydrogens (tertiary/aromatic N) is 1. The first kappa shape index (κ1) is 14.6. The summed E-state index contributed by atoms with van der Waals surface area (Å²) in [4.78, 5) is 13.9. The molecule has 2 rings (SSSR count). The third-order valence-electron chi connectivity index (χ3n) is 3.94. The number of carbonyl (C=O) groups excluding carboxylic acids is 1. The fourth-order valence-corrected chi connectivity index (χ4v) is 2.63. The highest BCUT2D eigenvalue weighted by atomic mass is 16.6. The van der Waals surface area contributed by atoms with Gasteiger partial charge in [-0.15, -0.1) is 0 Å². The fraction of sp³-hybridized carbons (Fsp3) is 0.933. The lowest BCUT2D eigenvalue weighted by atomic mass is 10.1. The molecule has 0 aromatic heterocycles. The van der Waals surface area contributed by atoms with E-state index in [1.807, 2.05) is 25.7 Å². The molecule has 110 valence electrons. The minimum absolute atomic E-state index is 0.159. The lowest BCUT2D eigenvalue weighted by molar-refractivity contribution is 0.0256. The van der Waals surface area contributed by atoms with Gasteiger partial charge in [0.25, 0.3) is 0 Å². The standard InChI is InChI=1S/C15H28N2O2/c1-11-10-13(11)16-12-6-5-8-17(9-7-12)14(18)19-15(2,3)4/h11-13,16H,5-10H2,1-4H3. The molecule has 1 amide bonds. The predicted molar refractivity (Wildman–Crippen MR) is 76.2 cm³/mol. The van der Waals surface area contributed by atoms with Crippen molar-refractivity contribution >= 4 is 6.09 Å². The summed E-state index contributed by atoms with van der Waals surface area (Å²) in [5, 5.41) is 3.71. The minimum Gasteiger partial charge on any atom is -0.444 e. The number of hydrogen-bond donors (Lipinski definition) is 1. The summed E-state index contributed by atoms with van der Waals surface area (Å²) in [6, 6.07) is 1.29. The van der Waals surface area contributed by atoms with Crippen LogP contribution in [0, 0.1) is 5.92 Å². The first-order valence-corrected chi connectivity index (χ1v) is 7.59. The maximum absolute atomic E-state index is 12.0. The van der Waals surface area contributed by atoms with E-state index in [2.05, 4.69) is 12.2 Å². The Balaban J connectivity index is 1.77. The molecular formula is C15H28N2O2. The van der Waals surface area contributed by atoms with E-state index in [0.29, 0.717) is 6.04 Å². The Morgan fingerprint density at radius 2 is 1.95 bits per heavy atom. The van der Waals surface area contributed by atoms with Gasteiger partial charge in [0.05, 0.1) is 0 Å². The molecule has 0 aromatic rings. The smallest absolute Gasteiger partial charge is 0.410 e. The molecule has 2 fully saturated rings. The summed E-state index contributed by atoms with van der Waals surface area (Å²) in [7, 11) is 0. The normalized spacial score (nSPS) is 31.8. The third kappa shape index (κ3) is 4.68. The Morgan fingerprint density at radius 1 is 1.26 bits per heavy atom. The predicted octanol–water partition coefficient (Wildman–Crippen LogP) is 2.77. The van der Waals surface area contributed by atoms with Crippen LogP contribution in [0.1, 0.15) is 53.4 Å². The van der Waals surface area contributed by atoms with E-state index < -0.39 is 5.60 Å². The molecule has 2 aliphatic rings. The molecule has 1 saturated carbocycles. The average Bonchev–Trinajstić information content (AvgIpc) is 3.00. The van der Waals surface area contributed by atoms with Crippen molar-refractivity contribution in [3.05, 3.63) is 0 Å². The van der Waals surface area contributed by atoms with Gasteiger partial charge in [-0.2, -0.15) is 0 Å². The highest BCUT2D eigenvalue weighted by Crippen LogP contribution is 2.30. The van der Waals surface area contributed by atoms with Crippen molar-refractivity contribution < 1.29 is 9.53 Å². The van der Waals surface area contributed by atoms with E-state index in [1.165, 1.54) is 12.8 Å². The molecular weight excluding hydrogens is 240 g/mol. The summed E-state index contributed by atoms with van der Waals surface area (Å²) >= 11 is 0. The first-order valence-electron chi connectivity index (χ1n) is 7.59. The molecule has 0 radical (unpaired) electrons. The molecule has 4 heteroatoms. The third-order valence-corrected chi connectivity index (χ3v) is 3.94. The van der Waals surface area contributed by atoms with Crippen LogP contribution in [-0.2, 0) is 4.74 Å². The van der Waals surface area contributed by atoms with Crippen LogP contribution in [-0.4, -0.2) is 41.8 Å².